The number of likely N-dealkylation sites (N-methyl/N-ethyl adjacent to an activating group) is 1. The number of piperazine rings is 1. The zero-order chi connectivity index (χ0) is 15.1. The Morgan fingerprint density at radius 1 is 1.29 bits per heavy atom. The van der Waals surface area contributed by atoms with Crippen LogP contribution in [0.3, 0.4) is 0 Å². The highest BCUT2D eigenvalue weighted by molar-refractivity contribution is 5.41. The summed E-state index contributed by atoms with van der Waals surface area (Å²) in [7, 11) is 0. The zero-order valence-electron chi connectivity index (χ0n) is 13.2. The molecule has 1 atom stereocenters. The van der Waals surface area contributed by atoms with Crippen molar-refractivity contribution < 1.29 is 5.11 Å². The van der Waals surface area contributed by atoms with Gasteiger partial charge in [-0.1, -0.05) is 37.0 Å². The van der Waals surface area contributed by atoms with E-state index in [1.54, 1.807) is 0 Å². The molecule has 0 bridgehead atoms. The van der Waals surface area contributed by atoms with Crippen molar-refractivity contribution in [2.45, 2.75) is 32.9 Å². The highest BCUT2D eigenvalue weighted by Gasteiger charge is 2.22. The van der Waals surface area contributed by atoms with Crippen LogP contribution in [-0.2, 0) is 6.54 Å². The first-order chi connectivity index (χ1) is 10.2. The van der Waals surface area contributed by atoms with Gasteiger partial charge in [-0.25, -0.2) is 0 Å². The summed E-state index contributed by atoms with van der Waals surface area (Å²) in [6.45, 7) is 10.2. The summed E-state index contributed by atoms with van der Waals surface area (Å²) in [5, 5.41) is 8.84. The molecule has 1 aliphatic rings. The number of hydrogen-bond acceptors (Lipinski definition) is 3. The summed E-state index contributed by atoms with van der Waals surface area (Å²) in [6, 6.07) is 8.98. The maximum absolute atomic E-state index is 8.84. The van der Waals surface area contributed by atoms with Gasteiger partial charge in [0.15, 0.2) is 0 Å². The normalized spacial score (nSPS) is 20.0. The molecule has 0 aromatic heterocycles. The fraction of sp³-hybridized carbons (Fsp3) is 0.556. The third-order valence-corrected chi connectivity index (χ3v) is 4.13. The average Bonchev–Trinajstić information content (AvgIpc) is 2.49. The molecule has 114 valence electrons. The molecule has 1 aliphatic heterocycles. The molecule has 21 heavy (non-hydrogen) atoms. The Morgan fingerprint density at radius 2 is 2.10 bits per heavy atom. The van der Waals surface area contributed by atoms with E-state index in [1.807, 2.05) is 6.07 Å². The van der Waals surface area contributed by atoms with Gasteiger partial charge in [0.1, 0.15) is 0 Å². The molecular weight excluding hydrogens is 260 g/mol. The molecular formula is C18H26N2O. The van der Waals surface area contributed by atoms with Crippen molar-refractivity contribution in [3.8, 4) is 11.8 Å². The van der Waals surface area contributed by atoms with E-state index in [0.717, 1.165) is 38.3 Å². The molecule has 0 spiro atoms. The van der Waals surface area contributed by atoms with Gasteiger partial charge in [-0.2, -0.15) is 0 Å². The van der Waals surface area contributed by atoms with Gasteiger partial charge >= 0.3 is 0 Å². The highest BCUT2D eigenvalue weighted by Crippen LogP contribution is 2.15. The van der Waals surface area contributed by atoms with Gasteiger partial charge in [-0.05, 0) is 25.1 Å². The van der Waals surface area contributed by atoms with Crippen molar-refractivity contribution in [3.63, 3.8) is 0 Å². The van der Waals surface area contributed by atoms with E-state index in [-0.39, 0.29) is 6.61 Å². The smallest absolute Gasteiger partial charge is 0.0540 e. The fourth-order valence-electron chi connectivity index (χ4n) is 2.92. The second-order valence-corrected chi connectivity index (χ2v) is 5.65. The molecule has 3 nitrogen and oxygen atoms in total. The Bertz CT molecular complexity index is 503. The van der Waals surface area contributed by atoms with Crippen LogP contribution in [0.4, 0.5) is 0 Å². The number of rotatable bonds is 4. The number of aliphatic hydroxyl groups excluding tert-OH is 1. The quantitative estimate of drug-likeness (QED) is 0.857. The molecule has 0 saturated carbocycles. The molecule has 1 unspecified atom stereocenters. The van der Waals surface area contributed by atoms with Crippen LogP contribution in [-0.4, -0.2) is 53.7 Å². The summed E-state index contributed by atoms with van der Waals surface area (Å²) in [5.74, 6) is 6.22. The molecule has 1 aromatic carbocycles. The molecule has 3 heteroatoms. The summed E-state index contributed by atoms with van der Waals surface area (Å²) >= 11 is 0. The third-order valence-electron chi connectivity index (χ3n) is 4.13. The fourth-order valence-corrected chi connectivity index (χ4v) is 2.92. The molecule has 1 aromatic rings. The number of aliphatic hydroxyl groups is 1. The Balaban J connectivity index is 2.02. The number of nitrogens with zero attached hydrogens (tertiary/aromatic N) is 2. The monoisotopic (exact) mass is 286 g/mol. The average molecular weight is 286 g/mol. The van der Waals surface area contributed by atoms with Crippen LogP contribution in [0.5, 0.6) is 0 Å². The lowest BCUT2D eigenvalue weighted by atomic mass is 10.1. The SMILES string of the molecule is CCN1CCN(Cc2ccccc2C#CCCO)CC1C. The minimum Gasteiger partial charge on any atom is -0.395 e. The van der Waals surface area contributed by atoms with Crippen LogP contribution >= 0.6 is 0 Å². The minimum atomic E-state index is 0.131. The van der Waals surface area contributed by atoms with Gasteiger partial charge in [0, 0.05) is 44.2 Å². The van der Waals surface area contributed by atoms with Crippen molar-refractivity contribution >= 4 is 0 Å². The maximum atomic E-state index is 8.84. The highest BCUT2D eigenvalue weighted by atomic mass is 16.2. The van der Waals surface area contributed by atoms with Gasteiger partial charge in [0.05, 0.1) is 6.61 Å². The lowest BCUT2D eigenvalue weighted by Gasteiger charge is -2.39. The molecule has 0 radical (unpaired) electrons. The molecule has 0 amide bonds. The van der Waals surface area contributed by atoms with Crippen LogP contribution in [0.15, 0.2) is 24.3 Å². The lowest BCUT2D eigenvalue weighted by molar-refractivity contribution is 0.0834. The predicted molar refractivity (Wildman–Crippen MR) is 87.0 cm³/mol. The molecule has 2 rings (SSSR count). The molecule has 1 fully saturated rings. The van der Waals surface area contributed by atoms with Crippen LogP contribution in [0.25, 0.3) is 0 Å². The van der Waals surface area contributed by atoms with Crippen LogP contribution in [0, 0.1) is 11.8 Å². The second kappa shape index (κ2) is 8.19. The van der Waals surface area contributed by atoms with Crippen molar-refractivity contribution in [1.29, 1.82) is 0 Å². The zero-order valence-corrected chi connectivity index (χ0v) is 13.2. The number of benzene rings is 1. The number of hydrogen-bond donors (Lipinski definition) is 1. The predicted octanol–water partition coefficient (Wildman–Crippen LogP) is 1.95. The van der Waals surface area contributed by atoms with E-state index < -0.39 is 0 Å². The van der Waals surface area contributed by atoms with Crippen molar-refractivity contribution in [2.75, 3.05) is 32.8 Å². The van der Waals surface area contributed by atoms with Gasteiger partial charge in [0.2, 0.25) is 0 Å². The Kier molecular flexibility index (Phi) is 6.25. The van der Waals surface area contributed by atoms with Gasteiger partial charge in [-0.15, -0.1) is 0 Å². The molecule has 1 N–H and O–H groups in total. The van der Waals surface area contributed by atoms with Gasteiger partial charge < -0.3 is 5.11 Å². The van der Waals surface area contributed by atoms with E-state index in [1.165, 1.54) is 5.56 Å². The largest absolute Gasteiger partial charge is 0.395 e. The van der Waals surface area contributed by atoms with E-state index >= 15 is 0 Å². The van der Waals surface area contributed by atoms with Crippen LogP contribution < -0.4 is 0 Å². The summed E-state index contributed by atoms with van der Waals surface area (Å²) in [4.78, 5) is 5.05. The molecule has 1 saturated heterocycles. The standard InChI is InChI=1S/C18H26N2O/c1-3-20-12-11-19(14-16(20)2)15-18-10-5-4-8-17(18)9-6-7-13-21/h4-5,8,10,16,21H,3,7,11-15H2,1-2H3. The van der Waals surface area contributed by atoms with Crippen LogP contribution in [0.1, 0.15) is 31.4 Å². The van der Waals surface area contributed by atoms with E-state index in [0.29, 0.717) is 12.5 Å². The maximum Gasteiger partial charge on any atom is 0.0540 e. The van der Waals surface area contributed by atoms with E-state index in [2.05, 4.69) is 53.7 Å². The Morgan fingerprint density at radius 3 is 2.81 bits per heavy atom. The van der Waals surface area contributed by atoms with E-state index in [9.17, 15) is 0 Å². The third kappa shape index (κ3) is 4.57. The first kappa shape index (κ1) is 16.0. The lowest BCUT2D eigenvalue weighted by Crippen LogP contribution is -2.51. The van der Waals surface area contributed by atoms with Gasteiger partial charge in [-0.3, -0.25) is 9.80 Å². The minimum absolute atomic E-state index is 0.131. The van der Waals surface area contributed by atoms with Crippen molar-refractivity contribution in [2.24, 2.45) is 0 Å². The summed E-state index contributed by atoms with van der Waals surface area (Å²) in [5.41, 5.74) is 2.39. The van der Waals surface area contributed by atoms with E-state index in [4.69, 9.17) is 5.11 Å². The molecule has 1 heterocycles. The Labute approximate surface area is 128 Å². The summed E-state index contributed by atoms with van der Waals surface area (Å²) in [6.07, 6.45) is 0.542. The first-order valence-corrected chi connectivity index (χ1v) is 7.88. The molecule has 0 aliphatic carbocycles. The Hall–Kier alpha value is -1.34. The topological polar surface area (TPSA) is 26.7 Å². The van der Waals surface area contributed by atoms with Gasteiger partial charge in [0.25, 0.3) is 0 Å². The second-order valence-electron chi connectivity index (χ2n) is 5.65. The van der Waals surface area contributed by atoms with Crippen LogP contribution in [0.2, 0.25) is 0 Å². The van der Waals surface area contributed by atoms with Crippen molar-refractivity contribution in [3.05, 3.63) is 35.4 Å². The summed E-state index contributed by atoms with van der Waals surface area (Å²) < 4.78 is 0. The van der Waals surface area contributed by atoms with Crippen molar-refractivity contribution in [1.82, 2.24) is 9.80 Å². The first-order valence-electron chi connectivity index (χ1n) is 7.88.